The van der Waals surface area contributed by atoms with Crippen LogP contribution in [0.5, 0.6) is 0 Å². The fourth-order valence-corrected chi connectivity index (χ4v) is 11.0. The second-order valence-electron chi connectivity index (χ2n) is 17.4. The van der Waals surface area contributed by atoms with Gasteiger partial charge in [0.25, 0.3) is 0 Å². The summed E-state index contributed by atoms with van der Waals surface area (Å²) in [6.45, 7) is 0. The summed E-state index contributed by atoms with van der Waals surface area (Å²) < 4.78 is 5.03. The van der Waals surface area contributed by atoms with Gasteiger partial charge in [-0.1, -0.05) is 146 Å². The topological polar surface area (TPSA) is 48.0 Å². The van der Waals surface area contributed by atoms with Crippen LogP contribution in [-0.4, -0.2) is 23.9 Å². The van der Waals surface area contributed by atoms with E-state index in [4.69, 9.17) is 15.0 Å². The standard InChI is InChI=1S/C60H39N5/c1-3-14-37(15-4-1)42-20-12-21-43(36-42)59-61-58(62-60(63-59)48-24-8-7-22-45(48)38-16-5-2-6-17-38)41-28-32-44(33-29-41)64-50-26-13-27-51-55(50)56-52(64)35-31-39-18-11-19-40-30-34-47-46-23-9-10-25-49(46)65(51)57(47)54(40)53(39)56/h1-10,12-17,20-36H,11,18-19H2. The van der Waals surface area contributed by atoms with Gasteiger partial charge in [0, 0.05) is 49.3 Å². The first-order valence-electron chi connectivity index (χ1n) is 22.6. The Morgan fingerprint density at radius 2 is 0.938 bits per heavy atom. The third kappa shape index (κ3) is 5.42. The number of para-hydroxylation sites is 1. The molecule has 0 spiro atoms. The van der Waals surface area contributed by atoms with Crippen LogP contribution in [0, 0.1) is 0 Å². The lowest BCUT2D eigenvalue weighted by atomic mass is 9.97. The third-order valence-electron chi connectivity index (χ3n) is 13.8. The molecule has 65 heavy (non-hydrogen) atoms. The molecular formula is C60H39N5. The fraction of sp³-hybridized carbons (Fsp3) is 0.0500. The van der Waals surface area contributed by atoms with Gasteiger partial charge < -0.3 is 8.97 Å². The number of nitrogens with zero attached hydrogens (tertiary/aromatic N) is 5. The molecular weight excluding hydrogens is 791 g/mol. The van der Waals surface area contributed by atoms with Gasteiger partial charge in [0.2, 0.25) is 0 Å². The summed E-state index contributed by atoms with van der Waals surface area (Å²) in [6, 6.07) is 72.0. The molecule has 9 aromatic carbocycles. The smallest absolute Gasteiger partial charge is 0.164 e. The number of rotatable bonds is 6. The normalized spacial score (nSPS) is 12.7. The van der Waals surface area contributed by atoms with Crippen molar-refractivity contribution < 1.29 is 0 Å². The van der Waals surface area contributed by atoms with Gasteiger partial charge in [-0.05, 0) is 113 Å². The molecule has 4 aromatic heterocycles. The maximum absolute atomic E-state index is 5.26. The van der Waals surface area contributed by atoms with E-state index in [1.165, 1.54) is 71.0 Å². The summed E-state index contributed by atoms with van der Waals surface area (Å²) in [5.41, 5.74) is 17.5. The molecule has 0 saturated carbocycles. The zero-order valence-corrected chi connectivity index (χ0v) is 35.4. The van der Waals surface area contributed by atoms with Crippen LogP contribution in [-0.2, 0) is 12.8 Å². The van der Waals surface area contributed by atoms with Crippen LogP contribution in [0.2, 0.25) is 0 Å². The minimum Gasteiger partial charge on any atom is -0.309 e. The maximum Gasteiger partial charge on any atom is 0.164 e. The zero-order chi connectivity index (χ0) is 42.6. The van der Waals surface area contributed by atoms with Crippen LogP contribution in [0.3, 0.4) is 0 Å². The molecule has 0 bridgehead atoms. The van der Waals surface area contributed by atoms with Crippen molar-refractivity contribution >= 4 is 59.9 Å². The van der Waals surface area contributed by atoms with Gasteiger partial charge in [-0.3, -0.25) is 0 Å². The van der Waals surface area contributed by atoms with E-state index in [0.29, 0.717) is 17.5 Å². The lowest BCUT2D eigenvalue weighted by Gasteiger charge is -2.13. The highest BCUT2D eigenvalue weighted by Gasteiger charge is 2.26. The molecule has 0 saturated heterocycles. The van der Waals surface area contributed by atoms with Crippen molar-refractivity contribution in [1.82, 2.24) is 23.9 Å². The lowest BCUT2D eigenvalue weighted by Crippen LogP contribution is -2.01. The van der Waals surface area contributed by atoms with Crippen molar-refractivity contribution in [3.63, 3.8) is 0 Å². The van der Waals surface area contributed by atoms with E-state index in [9.17, 15) is 0 Å². The summed E-state index contributed by atoms with van der Waals surface area (Å²) in [5.74, 6) is 1.89. The number of fused-ring (bicyclic) bond motifs is 4. The predicted molar refractivity (Wildman–Crippen MR) is 268 cm³/mol. The van der Waals surface area contributed by atoms with Crippen LogP contribution < -0.4 is 0 Å². The highest BCUT2D eigenvalue weighted by Crippen LogP contribution is 2.47. The summed E-state index contributed by atoms with van der Waals surface area (Å²) in [7, 11) is 0. The minimum absolute atomic E-state index is 0.626. The fourth-order valence-electron chi connectivity index (χ4n) is 11.0. The average molecular weight is 830 g/mol. The van der Waals surface area contributed by atoms with E-state index >= 15 is 0 Å². The van der Waals surface area contributed by atoms with E-state index in [-0.39, 0.29) is 0 Å². The Balaban J connectivity index is 0.980. The van der Waals surface area contributed by atoms with E-state index in [1.807, 2.05) is 12.1 Å². The number of hydrogen-bond acceptors (Lipinski definition) is 3. The van der Waals surface area contributed by atoms with Crippen molar-refractivity contribution in [3.8, 4) is 62.1 Å². The third-order valence-corrected chi connectivity index (χ3v) is 13.8. The van der Waals surface area contributed by atoms with E-state index in [2.05, 4.69) is 197 Å². The molecule has 0 aliphatic heterocycles. The summed E-state index contributed by atoms with van der Waals surface area (Å²) in [4.78, 5) is 15.7. The Bertz CT molecular complexity index is 4010. The predicted octanol–water partition coefficient (Wildman–Crippen LogP) is 14.9. The van der Waals surface area contributed by atoms with Crippen LogP contribution in [0.25, 0.3) is 122 Å². The summed E-state index contributed by atoms with van der Waals surface area (Å²) in [5, 5.41) is 8.10. The van der Waals surface area contributed by atoms with Gasteiger partial charge in [0.15, 0.2) is 17.5 Å². The molecule has 13 aromatic rings. The molecule has 0 radical (unpaired) electrons. The van der Waals surface area contributed by atoms with Gasteiger partial charge in [-0.25, -0.2) is 15.0 Å². The quantitative estimate of drug-likeness (QED) is 0.168. The Morgan fingerprint density at radius 1 is 0.338 bits per heavy atom. The van der Waals surface area contributed by atoms with Crippen molar-refractivity contribution in [1.29, 1.82) is 0 Å². The Hall–Kier alpha value is -8.41. The Morgan fingerprint density at radius 3 is 1.77 bits per heavy atom. The monoisotopic (exact) mass is 829 g/mol. The summed E-state index contributed by atoms with van der Waals surface area (Å²) in [6.07, 6.45) is 3.27. The van der Waals surface area contributed by atoms with Crippen molar-refractivity contribution in [2.45, 2.75) is 19.3 Å². The second-order valence-corrected chi connectivity index (χ2v) is 17.4. The average Bonchev–Trinajstić information content (AvgIpc) is 3.76. The lowest BCUT2D eigenvalue weighted by molar-refractivity contribution is 0.836. The van der Waals surface area contributed by atoms with Gasteiger partial charge >= 0.3 is 0 Å². The van der Waals surface area contributed by atoms with Crippen molar-refractivity contribution in [3.05, 3.63) is 211 Å². The van der Waals surface area contributed by atoms with Crippen molar-refractivity contribution in [2.75, 3.05) is 0 Å². The highest BCUT2D eigenvalue weighted by atomic mass is 15.0. The van der Waals surface area contributed by atoms with E-state index < -0.39 is 0 Å². The number of aryl methyl sites for hydroxylation is 2. The molecule has 4 heterocycles. The molecule has 1 aliphatic rings. The minimum atomic E-state index is 0.626. The van der Waals surface area contributed by atoms with Gasteiger partial charge in [-0.15, -0.1) is 0 Å². The molecule has 5 nitrogen and oxygen atoms in total. The second kappa shape index (κ2) is 14.0. The van der Waals surface area contributed by atoms with Crippen LogP contribution in [0.1, 0.15) is 17.5 Å². The first-order chi connectivity index (χ1) is 32.2. The van der Waals surface area contributed by atoms with Crippen LogP contribution in [0.4, 0.5) is 0 Å². The van der Waals surface area contributed by atoms with Crippen molar-refractivity contribution in [2.24, 2.45) is 0 Å². The number of aromatic nitrogens is 5. The maximum atomic E-state index is 5.26. The first kappa shape index (κ1) is 36.1. The molecule has 0 N–H and O–H groups in total. The highest BCUT2D eigenvalue weighted by molar-refractivity contribution is 6.32. The molecule has 14 rings (SSSR count). The molecule has 0 amide bonds. The van der Waals surface area contributed by atoms with Gasteiger partial charge in [-0.2, -0.15) is 0 Å². The zero-order valence-electron chi connectivity index (χ0n) is 35.4. The molecule has 1 aliphatic carbocycles. The largest absolute Gasteiger partial charge is 0.309 e. The van der Waals surface area contributed by atoms with Crippen LogP contribution >= 0.6 is 0 Å². The molecule has 0 unspecified atom stereocenters. The Kier molecular flexibility index (Phi) is 7.80. The van der Waals surface area contributed by atoms with Gasteiger partial charge in [0.1, 0.15) is 0 Å². The first-order valence-corrected chi connectivity index (χ1v) is 22.6. The van der Waals surface area contributed by atoms with E-state index in [1.54, 1.807) is 0 Å². The van der Waals surface area contributed by atoms with Gasteiger partial charge in [0.05, 0.1) is 27.6 Å². The molecule has 0 fully saturated rings. The number of hydrogen-bond donors (Lipinski definition) is 0. The molecule has 5 heteroatoms. The molecule has 0 atom stereocenters. The summed E-state index contributed by atoms with van der Waals surface area (Å²) >= 11 is 0. The SMILES string of the molecule is c1ccc(-c2cccc(-c3nc(-c4ccc(-n5c6ccc7c8c9c(ccc%10c%11ccccc%11n(c%11cccc5c%11c86)c%109)CCC7)cc4)nc(-c4ccccc4-c4ccccc4)n3)c2)cc1. The van der Waals surface area contributed by atoms with Crippen LogP contribution in [0.15, 0.2) is 200 Å². The van der Waals surface area contributed by atoms with E-state index in [0.717, 1.165) is 63.9 Å². The molecule has 304 valence electrons. The number of benzene rings is 9. The Labute approximate surface area is 374 Å².